The number of carbonyl (C=O) groups excluding carboxylic acids is 1. The predicted molar refractivity (Wildman–Crippen MR) is 68.6 cm³/mol. The van der Waals surface area contributed by atoms with E-state index in [-0.39, 0.29) is 11.9 Å². The second kappa shape index (κ2) is 5.42. The van der Waals surface area contributed by atoms with Gasteiger partial charge in [-0.25, -0.2) is 9.67 Å². The molecule has 5 nitrogen and oxygen atoms in total. The number of nitrogens with one attached hydrogen (secondary N) is 1. The molecule has 0 saturated carbocycles. The molecule has 1 amide bonds. The molecule has 0 saturated heterocycles. The number of hydrogen-bond donors (Lipinski definition) is 1. The van der Waals surface area contributed by atoms with E-state index in [1.54, 1.807) is 18.3 Å². The van der Waals surface area contributed by atoms with Crippen molar-refractivity contribution < 1.29 is 4.79 Å². The number of halogens is 1. The lowest BCUT2D eigenvalue weighted by molar-refractivity contribution is -0.124. The van der Waals surface area contributed by atoms with Gasteiger partial charge in [-0.2, -0.15) is 5.10 Å². The van der Waals surface area contributed by atoms with Crippen LogP contribution in [0.5, 0.6) is 0 Å². The van der Waals surface area contributed by atoms with Gasteiger partial charge in [0.25, 0.3) is 0 Å². The Morgan fingerprint density at radius 3 is 3.12 bits per heavy atom. The number of nitrogens with zero attached hydrogens (tertiary/aromatic N) is 3. The van der Waals surface area contributed by atoms with E-state index in [1.165, 1.54) is 17.3 Å². The highest BCUT2D eigenvalue weighted by Crippen LogP contribution is 2.22. The molecule has 2 aromatic heterocycles. The van der Waals surface area contributed by atoms with Gasteiger partial charge in [0.1, 0.15) is 18.7 Å². The van der Waals surface area contributed by atoms with Crippen LogP contribution in [0.15, 0.2) is 28.6 Å². The SMILES string of the molecule is CC(C(=O)NCc1sccc1Br)n1cncn1. The van der Waals surface area contributed by atoms with Crippen LogP contribution in [0.1, 0.15) is 17.8 Å². The van der Waals surface area contributed by atoms with Gasteiger partial charge in [0.05, 0.1) is 6.54 Å². The highest BCUT2D eigenvalue weighted by molar-refractivity contribution is 9.10. The molecule has 7 heteroatoms. The number of rotatable bonds is 4. The maximum absolute atomic E-state index is 11.8. The van der Waals surface area contributed by atoms with Gasteiger partial charge in [-0.15, -0.1) is 11.3 Å². The third kappa shape index (κ3) is 2.92. The number of aromatic nitrogens is 3. The molecule has 90 valence electrons. The molecule has 17 heavy (non-hydrogen) atoms. The van der Waals surface area contributed by atoms with Crippen molar-refractivity contribution in [2.24, 2.45) is 0 Å². The molecule has 0 aliphatic carbocycles. The van der Waals surface area contributed by atoms with Crippen molar-refractivity contribution in [1.82, 2.24) is 20.1 Å². The summed E-state index contributed by atoms with van der Waals surface area (Å²) in [5, 5.41) is 8.78. The highest BCUT2D eigenvalue weighted by Gasteiger charge is 2.15. The number of hydrogen-bond acceptors (Lipinski definition) is 4. The minimum absolute atomic E-state index is 0.0733. The summed E-state index contributed by atoms with van der Waals surface area (Å²) in [6, 6.07) is 1.61. The van der Waals surface area contributed by atoms with Gasteiger partial charge in [0.2, 0.25) is 5.91 Å². The molecular formula is C10H11BrN4OS. The zero-order chi connectivity index (χ0) is 12.3. The van der Waals surface area contributed by atoms with Gasteiger partial charge in [0.15, 0.2) is 0 Å². The van der Waals surface area contributed by atoms with E-state index in [4.69, 9.17) is 0 Å². The van der Waals surface area contributed by atoms with E-state index in [9.17, 15) is 4.79 Å². The molecule has 0 spiro atoms. The lowest BCUT2D eigenvalue weighted by Crippen LogP contribution is -2.30. The van der Waals surface area contributed by atoms with E-state index in [1.807, 2.05) is 11.4 Å². The van der Waals surface area contributed by atoms with Crippen LogP contribution in [0.4, 0.5) is 0 Å². The van der Waals surface area contributed by atoms with Crippen molar-refractivity contribution in [1.29, 1.82) is 0 Å². The Hall–Kier alpha value is -1.21. The van der Waals surface area contributed by atoms with Crippen LogP contribution in [0.3, 0.4) is 0 Å². The van der Waals surface area contributed by atoms with Gasteiger partial charge in [-0.1, -0.05) is 0 Å². The second-order valence-electron chi connectivity index (χ2n) is 3.46. The third-order valence-corrected chi connectivity index (χ3v) is 4.25. The van der Waals surface area contributed by atoms with Crippen LogP contribution in [0, 0.1) is 0 Å². The Morgan fingerprint density at radius 2 is 2.53 bits per heavy atom. The van der Waals surface area contributed by atoms with Crippen molar-refractivity contribution in [3.8, 4) is 0 Å². The molecule has 0 aromatic carbocycles. The summed E-state index contributed by atoms with van der Waals surface area (Å²) in [5.74, 6) is -0.0733. The average Bonchev–Trinajstić information content (AvgIpc) is 2.96. The summed E-state index contributed by atoms with van der Waals surface area (Å²) >= 11 is 5.03. The molecule has 0 radical (unpaired) electrons. The van der Waals surface area contributed by atoms with E-state index in [2.05, 4.69) is 31.3 Å². The summed E-state index contributed by atoms with van der Waals surface area (Å²) in [6.45, 7) is 2.31. The van der Waals surface area contributed by atoms with Crippen LogP contribution < -0.4 is 5.32 Å². The topological polar surface area (TPSA) is 59.8 Å². The first-order chi connectivity index (χ1) is 8.18. The lowest BCUT2D eigenvalue weighted by Gasteiger charge is -2.11. The predicted octanol–water partition coefficient (Wildman–Crippen LogP) is 1.98. The van der Waals surface area contributed by atoms with Gasteiger partial charge in [-0.05, 0) is 34.3 Å². The second-order valence-corrected chi connectivity index (χ2v) is 5.32. The van der Waals surface area contributed by atoms with Crippen molar-refractivity contribution in [3.63, 3.8) is 0 Å². The van der Waals surface area contributed by atoms with Crippen LogP contribution in [-0.4, -0.2) is 20.7 Å². The van der Waals surface area contributed by atoms with E-state index in [0.717, 1.165) is 9.35 Å². The van der Waals surface area contributed by atoms with Crippen LogP contribution in [-0.2, 0) is 11.3 Å². The molecule has 2 rings (SSSR count). The number of amides is 1. The number of thiophene rings is 1. The monoisotopic (exact) mass is 314 g/mol. The molecule has 1 unspecified atom stereocenters. The molecule has 2 aromatic rings. The summed E-state index contributed by atoms with van der Waals surface area (Å²) in [7, 11) is 0. The van der Waals surface area contributed by atoms with Crippen molar-refractivity contribution in [3.05, 3.63) is 33.5 Å². The van der Waals surface area contributed by atoms with Gasteiger partial charge >= 0.3 is 0 Å². The largest absolute Gasteiger partial charge is 0.349 e. The van der Waals surface area contributed by atoms with E-state index in [0.29, 0.717) is 6.54 Å². The molecule has 2 heterocycles. The minimum Gasteiger partial charge on any atom is -0.349 e. The number of carbonyl (C=O) groups is 1. The van der Waals surface area contributed by atoms with Gasteiger partial charge < -0.3 is 5.32 Å². The molecular weight excluding hydrogens is 304 g/mol. The Bertz CT molecular complexity index is 496. The van der Waals surface area contributed by atoms with E-state index < -0.39 is 0 Å². The quantitative estimate of drug-likeness (QED) is 0.938. The molecule has 0 fully saturated rings. The first kappa shape index (κ1) is 12.3. The highest BCUT2D eigenvalue weighted by atomic mass is 79.9. The van der Waals surface area contributed by atoms with Crippen LogP contribution in [0.2, 0.25) is 0 Å². The third-order valence-electron chi connectivity index (χ3n) is 2.33. The zero-order valence-electron chi connectivity index (χ0n) is 9.13. The fraction of sp³-hybridized carbons (Fsp3) is 0.300. The Labute approximate surface area is 111 Å². The lowest BCUT2D eigenvalue weighted by atomic mass is 10.3. The summed E-state index contributed by atoms with van der Waals surface area (Å²) in [5.41, 5.74) is 0. The first-order valence-electron chi connectivity index (χ1n) is 5.02. The van der Waals surface area contributed by atoms with Crippen LogP contribution in [0.25, 0.3) is 0 Å². The minimum atomic E-state index is -0.351. The maximum Gasteiger partial charge on any atom is 0.244 e. The standard InChI is InChI=1S/C10H11BrN4OS/c1-7(15-6-12-5-14-15)10(16)13-4-9-8(11)2-3-17-9/h2-3,5-7H,4H2,1H3,(H,13,16). The molecule has 0 bridgehead atoms. The normalized spacial score (nSPS) is 12.4. The Morgan fingerprint density at radius 1 is 1.71 bits per heavy atom. The fourth-order valence-corrected chi connectivity index (χ4v) is 2.74. The molecule has 1 atom stereocenters. The molecule has 0 aliphatic rings. The average molecular weight is 315 g/mol. The van der Waals surface area contributed by atoms with Crippen LogP contribution >= 0.6 is 27.3 Å². The maximum atomic E-state index is 11.8. The molecule has 0 aliphatic heterocycles. The van der Waals surface area contributed by atoms with E-state index >= 15 is 0 Å². The summed E-state index contributed by atoms with van der Waals surface area (Å²) < 4.78 is 2.55. The van der Waals surface area contributed by atoms with Crippen molar-refractivity contribution in [2.75, 3.05) is 0 Å². The first-order valence-corrected chi connectivity index (χ1v) is 6.69. The summed E-state index contributed by atoms with van der Waals surface area (Å²) in [6.07, 6.45) is 2.95. The zero-order valence-corrected chi connectivity index (χ0v) is 11.5. The van der Waals surface area contributed by atoms with Crippen molar-refractivity contribution >= 4 is 33.2 Å². The van der Waals surface area contributed by atoms with Gasteiger partial charge in [0, 0.05) is 9.35 Å². The fourth-order valence-electron chi connectivity index (χ4n) is 1.30. The van der Waals surface area contributed by atoms with Gasteiger partial charge in [-0.3, -0.25) is 4.79 Å². The molecule has 1 N–H and O–H groups in total. The Balaban J connectivity index is 1.92. The smallest absolute Gasteiger partial charge is 0.244 e. The van der Waals surface area contributed by atoms with Crippen molar-refractivity contribution in [2.45, 2.75) is 19.5 Å². The summed E-state index contributed by atoms with van der Waals surface area (Å²) in [4.78, 5) is 16.8. The Kier molecular flexibility index (Phi) is 3.90.